The summed E-state index contributed by atoms with van der Waals surface area (Å²) in [6, 6.07) is 11.8. The number of benzene rings is 2. The topological polar surface area (TPSA) is 89.6 Å². The average Bonchev–Trinajstić information content (AvgIpc) is 2.37. The summed E-state index contributed by atoms with van der Waals surface area (Å²) in [5.74, 6) is 0.141. The highest BCUT2D eigenvalue weighted by Gasteiger charge is 2.19. The molecule has 0 saturated carbocycles. The molecule has 99 valence electrons. The van der Waals surface area contributed by atoms with E-state index in [2.05, 4.69) is 6.07 Å². The summed E-state index contributed by atoms with van der Waals surface area (Å²) in [6.45, 7) is 0. The molecule has 3 N–H and O–H groups in total. The number of rotatable bonds is 3. The van der Waals surface area contributed by atoms with Crippen LogP contribution in [-0.2, 0) is 10.0 Å². The summed E-state index contributed by atoms with van der Waals surface area (Å²) in [4.78, 5) is -0.0804. The fourth-order valence-corrected chi connectivity index (χ4v) is 2.57. The quantitative estimate of drug-likeness (QED) is 0.890. The van der Waals surface area contributed by atoms with Crippen molar-refractivity contribution in [3.05, 3.63) is 42.5 Å². The highest BCUT2D eigenvalue weighted by molar-refractivity contribution is 7.89. The minimum atomic E-state index is -3.90. The molecule has 2 aromatic rings. The van der Waals surface area contributed by atoms with Crippen LogP contribution in [0.4, 0.5) is 0 Å². The summed E-state index contributed by atoms with van der Waals surface area (Å²) < 4.78 is 28.3. The molecule has 0 aliphatic carbocycles. The van der Waals surface area contributed by atoms with Gasteiger partial charge >= 0.3 is 0 Å². The first-order chi connectivity index (χ1) is 8.95. The Morgan fingerprint density at radius 1 is 1.26 bits per heavy atom. The molecular weight excluding hydrogens is 266 g/mol. The Labute approximate surface area is 111 Å². The van der Waals surface area contributed by atoms with Crippen molar-refractivity contribution < 1.29 is 18.3 Å². The van der Waals surface area contributed by atoms with Crippen molar-refractivity contribution in [2.45, 2.75) is 4.90 Å². The second kappa shape index (κ2) is 4.91. The SMILES string of the molecule is COc1cc[c]c(O)c1-c1ccccc1S(N)(=O)=O. The van der Waals surface area contributed by atoms with Gasteiger partial charge in [-0.3, -0.25) is 0 Å². The Kier molecular flexibility index (Phi) is 3.46. The lowest BCUT2D eigenvalue weighted by atomic mass is 10.0. The Balaban J connectivity index is 2.81. The van der Waals surface area contributed by atoms with Crippen LogP contribution in [0.2, 0.25) is 0 Å². The van der Waals surface area contributed by atoms with E-state index in [1.807, 2.05) is 0 Å². The molecule has 0 saturated heterocycles. The fraction of sp³-hybridized carbons (Fsp3) is 0.0769. The van der Waals surface area contributed by atoms with E-state index in [1.165, 1.54) is 19.2 Å². The molecule has 0 spiro atoms. The van der Waals surface area contributed by atoms with Crippen molar-refractivity contribution in [3.8, 4) is 22.6 Å². The lowest BCUT2D eigenvalue weighted by Crippen LogP contribution is -2.13. The number of phenolic OH excluding ortho intramolecular Hbond substituents is 1. The number of methoxy groups -OCH3 is 1. The molecule has 6 heteroatoms. The highest BCUT2D eigenvalue weighted by atomic mass is 32.2. The van der Waals surface area contributed by atoms with Gasteiger partial charge in [0.1, 0.15) is 11.5 Å². The van der Waals surface area contributed by atoms with Crippen molar-refractivity contribution in [2.75, 3.05) is 7.11 Å². The fourth-order valence-electron chi connectivity index (χ4n) is 1.82. The lowest BCUT2D eigenvalue weighted by molar-refractivity contribution is 0.410. The first-order valence-electron chi connectivity index (χ1n) is 5.35. The zero-order valence-corrected chi connectivity index (χ0v) is 10.9. The predicted molar refractivity (Wildman–Crippen MR) is 70.3 cm³/mol. The number of aromatic hydroxyl groups is 1. The van der Waals surface area contributed by atoms with Crippen LogP contribution in [0.3, 0.4) is 0 Å². The Bertz CT molecular complexity index is 710. The van der Waals surface area contributed by atoms with E-state index < -0.39 is 10.0 Å². The van der Waals surface area contributed by atoms with Gasteiger partial charge < -0.3 is 9.84 Å². The van der Waals surface area contributed by atoms with Gasteiger partial charge in [-0.2, -0.15) is 0 Å². The zero-order valence-electron chi connectivity index (χ0n) is 10.1. The molecule has 2 aromatic carbocycles. The maximum Gasteiger partial charge on any atom is 0.238 e. The van der Waals surface area contributed by atoms with Crippen molar-refractivity contribution >= 4 is 10.0 Å². The summed E-state index contributed by atoms with van der Waals surface area (Å²) >= 11 is 0. The van der Waals surface area contributed by atoms with Crippen molar-refractivity contribution in [1.29, 1.82) is 0 Å². The normalized spacial score (nSPS) is 11.3. The minimum absolute atomic E-state index is 0.0804. The van der Waals surface area contributed by atoms with Crippen molar-refractivity contribution in [2.24, 2.45) is 5.14 Å². The molecule has 0 aliphatic rings. The molecular formula is C13H12NO4S. The lowest BCUT2D eigenvalue weighted by Gasteiger charge is -2.13. The van der Waals surface area contributed by atoms with Crippen LogP contribution in [-0.4, -0.2) is 20.6 Å². The molecule has 5 nitrogen and oxygen atoms in total. The van der Waals surface area contributed by atoms with Crippen LogP contribution in [0.1, 0.15) is 0 Å². The van der Waals surface area contributed by atoms with Gasteiger partial charge in [0.25, 0.3) is 0 Å². The van der Waals surface area contributed by atoms with E-state index in [4.69, 9.17) is 9.88 Å². The third-order valence-electron chi connectivity index (χ3n) is 2.62. The molecule has 0 bridgehead atoms. The second-order valence-corrected chi connectivity index (χ2v) is 5.34. The molecule has 19 heavy (non-hydrogen) atoms. The number of primary sulfonamides is 1. The second-order valence-electron chi connectivity index (χ2n) is 3.81. The molecule has 1 radical (unpaired) electrons. The third kappa shape index (κ3) is 2.54. The number of sulfonamides is 1. The van der Waals surface area contributed by atoms with Crippen LogP contribution < -0.4 is 9.88 Å². The Morgan fingerprint density at radius 2 is 1.95 bits per heavy atom. The van der Waals surface area contributed by atoms with Gasteiger partial charge in [0.15, 0.2) is 0 Å². The average molecular weight is 278 g/mol. The van der Waals surface area contributed by atoms with Gasteiger partial charge in [-0.05, 0) is 18.2 Å². The molecule has 0 amide bonds. The zero-order chi connectivity index (χ0) is 14.0. The molecule has 0 aliphatic heterocycles. The first kappa shape index (κ1) is 13.4. The van der Waals surface area contributed by atoms with Gasteiger partial charge in [-0.25, -0.2) is 13.6 Å². The van der Waals surface area contributed by atoms with Crippen molar-refractivity contribution in [3.63, 3.8) is 0 Å². The van der Waals surface area contributed by atoms with E-state index in [9.17, 15) is 13.5 Å². The summed E-state index contributed by atoms with van der Waals surface area (Å²) in [7, 11) is -2.48. The monoisotopic (exact) mass is 278 g/mol. The summed E-state index contributed by atoms with van der Waals surface area (Å²) in [5.41, 5.74) is 0.519. The molecule has 0 aromatic heterocycles. The Hall–Kier alpha value is -2.05. The molecule has 0 heterocycles. The smallest absolute Gasteiger partial charge is 0.238 e. The van der Waals surface area contributed by atoms with Gasteiger partial charge in [0.2, 0.25) is 10.0 Å². The first-order valence-corrected chi connectivity index (χ1v) is 6.89. The van der Waals surface area contributed by atoms with Gasteiger partial charge in [-0.1, -0.05) is 18.2 Å². The molecule has 0 fully saturated rings. The maximum atomic E-state index is 11.6. The van der Waals surface area contributed by atoms with Crippen LogP contribution in [0, 0.1) is 6.07 Å². The number of nitrogens with two attached hydrogens (primary N) is 1. The Morgan fingerprint density at radius 3 is 2.58 bits per heavy atom. The van der Waals surface area contributed by atoms with Gasteiger partial charge in [0, 0.05) is 11.6 Å². The van der Waals surface area contributed by atoms with Crippen LogP contribution >= 0.6 is 0 Å². The van der Waals surface area contributed by atoms with E-state index in [-0.39, 0.29) is 21.8 Å². The van der Waals surface area contributed by atoms with E-state index in [1.54, 1.807) is 24.3 Å². The van der Waals surface area contributed by atoms with Crippen LogP contribution in [0.5, 0.6) is 11.5 Å². The van der Waals surface area contributed by atoms with Crippen LogP contribution in [0.25, 0.3) is 11.1 Å². The maximum absolute atomic E-state index is 11.6. The van der Waals surface area contributed by atoms with E-state index >= 15 is 0 Å². The van der Waals surface area contributed by atoms with Crippen LogP contribution in [0.15, 0.2) is 41.3 Å². The molecule has 0 atom stereocenters. The minimum Gasteiger partial charge on any atom is -0.507 e. The number of hydrogen-bond acceptors (Lipinski definition) is 4. The van der Waals surface area contributed by atoms with Crippen molar-refractivity contribution in [1.82, 2.24) is 0 Å². The summed E-state index contributed by atoms with van der Waals surface area (Å²) in [6.07, 6.45) is 0. The third-order valence-corrected chi connectivity index (χ3v) is 3.59. The van der Waals surface area contributed by atoms with Gasteiger partial charge in [0.05, 0.1) is 17.6 Å². The molecule has 0 unspecified atom stereocenters. The largest absolute Gasteiger partial charge is 0.507 e. The van der Waals surface area contributed by atoms with Gasteiger partial charge in [-0.15, -0.1) is 0 Å². The highest BCUT2D eigenvalue weighted by Crippen LogP contribution is 2.39. The number of phenols is 1. The number of ether oxygens (including phenoxy) is 1. The number of hydrogen-bond donors (Lipinski definition) is 2. The van der Waals surface area contributed by atoms with E-state index in [0.717, 1.165) is 0 Å². The predicted octanol–water partition coefficient (Wildman–Crippen LogP) is 1.52. The van der Waals surface area contributed by atoms with E-state index in [0.29, 0.717) is 5.75 Å². The summed E-state index contributed by atoms with van der Waals surface area (Å²) in [5, 5.41) is 15.1. The standard InChI is InChI=1S/C13H12NO4S/c1-18-11-7-4-6-10(15)13(11)9-5-2-3-8-12(9)19(14,16)17/h2-5,7-8,15H,1H3,(H2,14,16,17). The molecule has 2 rings (SSSR count).